The molecule has 3 nitrogen and oxygen atoms in total. The van der Waals surface area contributed by atoms with Gasteiger partial charge >= 0.3 is 0 Å². The molecule has 4 rings (SSSR count). The van der Waals surface area contributed by atoms with Gasteiger partial charge in [-0.05, 0) is 35.0 Å². The summed E-state index contributed by atoms with van der Waals surface area (Å²) in [5, 5.41) is 11.3. The highest BCUT2D eigenvalue weighted by atomic mass is 32.1. The van der Waals surface area contributed by atoms with Crippen LogP contribution >= 0.6 is 22.7 Å². The highest BCUT2D eigenvalue weighted by molar-refractivity contribution is 7.12. The van der Waals surface area contributed by atoms with Gasteiger partial charge in [0.15, 0.2) is 0 Å². The smallest absolute Gasteiger partial charge is 0.120 e. The number of nitrogens with zero attached hydrogens (tertiary/aromatic N) is 2. The third kappa shape index (κ3) is 2.78. The summed E-state index contributed by atoms with van der Waals surface area (Å²) in [7, 11) is 1.69. The molecule has 0 saturated heterocycles. The fourth-order valence-electron chi connectivity index (χ4n) is 2.80. The van der Waals surface area contributed by atoms with Gasteiger partial charge in [0.2, 0.25) is 0 Å². The van der Waals surface area contributed by atoms with E-state index in [2.05, 4.69) is 46.1 Å². The molecule has 1 unspecified atom stereocenters. The first kappa shape index (κ1) is 14.5. The monoisotopic (exact) mass is 340 g/mol. The van der Waals surface area contributed by atoms with E-state index >= 15 is 0 Å². The minimum Gasteiger partial charge on any atom is -0.497 e. The Balaban J connectivity index is 1.75. The lowest BCUT2D eigenvalue weighted by Gasteiger charge is -2.23. The maximum atomic E-state index is 5.37. The standard InChI is InChI=1S/C18H16N2OS2/c1-21-14-6-2-5-13(11-14)20-16(18-8-4-10-23-18)12-15(19-20)17-7-3-9-22-17/h2-11,16H,12H2,1H3. The molecule has 0 amide bonds. The molecule has 116 valence electrons. The Morgan fingerprint density at radius 2 is 1.96 bits per heavy atom. The molecule has 1 aromatic carbocycles. The highest BCUT2D eigenvalue weighted by Crippen LogP contribution is 2.39. The van der Waals surface area contributed by atoms with Crippen LogP contribution < -0.4 is 9.75 Å². The second kappa shape index (κ2) is 6.18. The fraction of sp³-hybridized carbons (Fsp3) is 0.167. The number of anilines is 1. The van der Waals surface area contributed by atoms with Crippen LogP contribution in [0.25, 0.3) is 0 Å². The summed E-state index contributed by atoms with van der Waals surface area (Å²) < 4.78 is 5.37. The zero-order valence-corrected chi connectivity index (χ0v) is 14.3. The molecule has 0 radical (unpaired) electrons. The van der Waals surface area contributed by atoms with Gasteiger partial charge in [-0.2, -0.15) is 5.10 Å². The molecule has 0 aliphatic carbocycles. The Labute approximate surface area is 143 Å². The Morgan fingerprint density at radius 1 is 1.09 bits per heavy atom. The molecule has 1 aliphatic rings. The van der Waals surface area contributed by atoms with Crippen LogP contribution in [0.15, 0.2) is 64.4 Å². The quantitative estimate of drug-likeness (QED) is 0.654. The SMILES string of the molecule is COc1cccc(N2N=C(c3cccs3)CC2c2cccs2)c1. The van der Waals surface area contributed by atoms with Crippen LogP contribution in [-0.2, 0) is 0 Å². The van der Waals surface area contributed by atoms with Gasteiger partial charge in [-0.15, -0.1) is 22.7 Å². The summed E-state index contributed by atoms with van der Waals surface area (Å²) >= 11 is 3.53. The van der Waals surface area contributed by atoms with E-state index in [0.717, 1.165) is 23.6 Å². The average Bonchev–Trinajstić information content (AvgIpc) is 3.34. The third-order valence-electron chi connectivity index (χ3n) is 3.91. The zero-order chi connectivity index (χ0) is 15.6. The molecule has 0 N–H and O–H groups in total. The fourth-order valence-corrected chi connectivity index (χ4v) is 4.33. The number of rotatable bonds is 4. The van der Waals surface area contributed by atoms with Crippen molar-refractivity contribution in [3.8, 4) is 5.75 Å². The van der Waals surface area contributed by atoms with Crippen LogP contribution in [0.5, 0.6) is 5.75 Å². The van der Waals surface area contributed by atoms with E-state index in [4.69, 9.17) is 9.84 Å². The molecular weight excluding hydrogens is 324 g/mol. The molecule has 1 aliphatic heterocycles. The van der Waals surface area contributed by atoms with E-state index in [1.54, 1.807) is 29.8 Å². The van der Waals surface area contributed by atoms with Crippen molar-refractivity contribution in [3.63, 3.8) is 0 Å². The Hall–Kier alpha value is -2.11. The second-order valence-electron chi connectivity index (χ2n) is 5.31. The van der Waals surface area contributed by atoms with E-state index in [1.807, 2.05) is 18.2 Å². The molecule has 0 spiro atoms. The zero-order valence-electron chi connectivity index (χ0n) is 12.7. The minimum absolute atomic E-state index is 0.249. The molecule has 3 aromatic rings. The first-order valence-electron chi connectivity index (χ1n) is 7.43. The van der Waals surface area contributed by atoms with Gasteiger partial charge in [-0.1, -0.05) is 18.2 Å². The Morgan fingerprint density at radius 3 is 2.70 bits per heavy atom. The summed E-state index contributed by atoms with van der Waals surface area (Å²) in [6, 6.07) is 16.9. The van der Waals surface area contributed by atoms with Crippen molar-refractivity contribution in [2.75, 3.05) is 12.1 Å². The van der Waals surface area contributed by atoms with Crippen LogP contribution in [0.4, 0.5) is 5.69 Å². The molecule has 0 bridgehead atoms. The number of benzene rings is 1. The van der Waals surface area contributed by atoms with Gasteiger partial charge in [-0.25, -0.2) is 0 Å². The van der Waals surface area contributed by atoms with Crippen LogP contribution in [0.2, 0.25) is 0 Å². The number of thiophene rings is 2. The maximum Gasteiger partial charge on any atom is 0.120 e. The average molecular weight is 340 g/mol. The van der Waals surface area contributed by atoms with E-state index in [1.165, 1.54) is 9.75 Å². The Kier molecular flexibility index (Phi) is 3.89. The molecule has 1 atom stereocenters. The summed E-state index contributed by atoms with van der Waals surface area (Å²) in [6.07, 6.45) is 0.929. The molecule has 5 heteroatoms. The Bertz CT molecular complexity index is 809. The molecule has 0 fully saturated rings. The first-order valence-corrected chi connectivity index (χ1v) is 9.19. The van der Waals surface area contributed by atoms with Gasteiger partial charge in [0.25, 0.3) is 0 Å². The maximum absolute atomic E-state index is 5.37. The van der Waals surface area contributed by atoms with E-state index in [0.29, 0.717) is 0 Å². The van der Waals surface area contributed by atoms with E-state index in [9.17, 15) is 0 Å². The summed E-state index contributed by atoms with van der Waals surface area (Å²) in [5.41, 5.74) is 2.22. The van der Waals surface area contributed by atoms with Crippen molar-refractivity contribution >= 4 is 34.1 Å². The molecule has 0 saturated carbocycles. The summed E-state index contributed by atoms with van der Waals surface area (Å²) in [6.45, 7) is 0. The van der Waals surface area contributed by atoms with Gasteiger partial charge in [0.05, 0.1) is 29.4 Å². The van der Waals surface area contributed by atoms with Crippen LogP contribution in [-0.4, -0.2) is 12.8 Å². The largest absolute Gasteiger partial charge is 0.497 e. The lowest BCUT2D eigenvalue weighted by atomic mass is 10.1. The number of hydrogen-bond acceptors (Lipinski definition) is 5. The van der Waals surface area contributed by atoms with Gasteiger partial charge in [0, 0.05) is 17.4 Å². The van der Waals surface area contributed by atoms with Crippen molar-refractivity contribution in [1.29, 1.82) is 0 Å². The van der Waals surface area contributed by atoms with Crippen molar-refractivity contribution in [1.82, 2.24) is 0 Å². The van der Waals surface area contributed by atoms with Crippen molar-refractivity contribution in [2.24, 2.45) is 5.10 Å². The summed E-state index contributed by atoms with van der Waals surface area (Å²) in [5.74, 6) is 0.854. The van der Waals surface area contributed by atoms with Crippen LogP contribution in [0, 0.1) is 0 Å². The molecule has 3 heterocycles. The van der Waals surface area contributed by atoms with Crippen LogP contribution in [0.1, 0.15) is 22.2 Å². The van der Waals surface area contributed by atoms with Crippen LogP contribution in [0.3, 0.4) is 0 Å². The minimum atomic E-state index is 0.249. The number of hydrogen-bond donors (Lipinski definition) is 0. The topological polar surface area (TPSA) is 24.8 Å². The van der Waals surface area contributed by atoms with Gasteiger partial charge in [-0.3, -0.25) is 5.01 Å². The van der Waals surface area contributed by atoms with Crippen molar-refractivity contribution in [2.45, 2.75) is 12.5 Å². The number of methoxy groups -OCH3 is 1. The van der Waals surface area contributed by atoms with Gasteiger partial charge < -0.3 is 4.74 Å². The number of ether oxygens (including phenoxy) is 1. The van der Waals surface area contributed by atoms with Gasteiger partial charge in [0.1, 0.15) is 5.75 Å². The first-order chi connectivity index (χ1) is 11.3. The van der Waals surface area contributed by atoms with Crippen molar-refractivity contribution in [3.05, 3.63) is 69.0 Å². The summed E-state index contributed by atoms with van der Waals surface area (Å²) in [4.78, 5) is 2.58. The van der Waals surface area contributed by atoms with E-state index < -0.39 is 0 Å². The highest BCUT2D eigenvalue weighted by Gasteiger charge is 2.31. The normalized spacial score (nSPS) is 17.3. The second-order valence-corrected chi connectivity index (χ2v) is 7.23. The predicted octanol–water partition coefficient (Wildman–Crippen LogP) is 5.17. The lowest BCUT2D eigenvalue weighted by molar-refractivity contribution is 0.414. The third-order valence-corrected chi connectivity index (χ3v) is 5.80. The van der Waals surface area contributed by atoms with E-state index in [-0.39, 0.29) is 6.04 Å². The lowest BCUT2D eigenvalue weighted by Crippen LogP contribution is -2.17. The predicted molar refractivity (Wildman–Crippen MR) is 98.0 cm³/mol. The van der Waals surface area contributed by atoms with Crippen molar-refractivity contribution < 1.29 is 4.74 Å². The molecular formula is C18H16N2OS2. The number of hydrazone groups is 1. The molecule has 2 aromatic heterocycles. The molecule has 23 heavy (non-hydrogen) atoms.